The standard InChI is InChI=1S/C10H23O4P/c1-3-5-6-8-10(7-4-2)9-14-15(11,12)13/h10H,3-9H2,1-2H3,(H2,11,12,13). The number of phosphoric ester groups is 1. The number of unbranched alkanes of at least 4 members (excludes halogenated alkanes) is 2. The van der Waals surface area contributed by atoms with Gasteiger partial charge in [-0.15, -0.1) is 0 Å². The molecule has 0 bridgehead atoms. The minimum atomic E-state index is -4.28. The van der Waals surface area contributed by atoms with Gasteiger partial charge in [0.05, 0.1) is 6.61 Å². The molecule has 92 valence electrons. The zero-order valence-corrected chi connectivity index (χ0v) is 10.6. The third-order valence-corrected chi connectivity index (χ3v) is 2.88. The Labute approximate surface area is 92.3 Å². The molecular weight excluding hydrogens is 215 g/mol. The summed E-state index contributed by atoms with van der Waals surface area (Å²) in [6.07, 6.45) is 6.46. The number of rotatable bonds is 9. The lowest BCUT2D eigenvalue weighted by atomic mass is 9.98. The van der Waals surface area contributed by atoms with Gasteiger partial charge in [0.1, 0.15) is 0 Å². The van der Waals surface area contributed by atoms with Gasteiger partial charge in [0.25, 0.3) is 0 Å². The SMILES string of the molecule is CCCCCC(CCC)COP(=O)(O)O. The van der Waals surface area contributed by atoms with Crippen molar-refractivity contribution in [2.24, 2.45) is 5.92 Å². The molecule has 0 aromatic carbocycles. The molecule has 0 amide bonds. The van der Waals surface area contributed by atoms with Gasteiger partial charge in [0.15, 0.2) is 0 Å². The first kappa shape index (κ1) is 15.1. The summed E-state index contributed by atoms with van der Waals surface area (Å²) in [5, 5.41) is 0. The van der Waals surface area contributed by atoms with Crippen LogP contribution in [0.4, 0.5) is 0 Å². The minimum Gasteiger partial charge on any atom is -0.303 e. The lowest BCUT2D eigenvalue weighted by molar-refractivity contribution is 0.158. The van der Waals surface area contributed by atoms with Crippen molar-refractivity contribution in [3.8, 4) is 0 Å². The van der Waals surface area contributed by atoms with E-state index in [0.717, 1.165) is 32.1 Å². The maximum absolute atomic E-state index is 10.5. The quantitative estimate of drug-likeness (QED) is 0.478. The highest BCUT2D eigenvalue weighted by molar-refractivity contribution is 7.46. The maximum atomic E-state index is 10.5. The van der Waals surface area contributed by atoms with Crippen molar-refractivity contribution < 1.29 is 18.9 Å². The summed E-state index contributed by atoms with van der Waals surface area (Å²) in [5.41, 5.74) is 0. The van der Waals surface area contributed by atoms with Gasteiger partial charge in [0.2, 0.25) is 0 Å². The van der Waals surface area contributed by atoms with E-state index in [-0.39, 0.29) is 12.5 Å². The van der Waals surface area contributed by atoms with E-state index in [1.807, 2.05) is 0 Å². The molecule has 0 aliphatic heterocycles. The van der Waals surface area contributed by atoms with Crippen LogP contribution >= 0.6 is 7.82 Å². The lowest BCUT2D eigenvalue weighted by Gasteiger charge is -2.16. The van der Waals surface area contributed by atoms with Crippen molar-refractivity contribution in [3.63, 3.8) is 0 Å². The van der Waals surface area contributed by atoms with Gasteiger partial charge in [-0.05, 0) is 18.8 Å². The topological polar surface area (TPSA) is 66.8 Å². The van der Waals surface area contributed by atoms with Crippen molar-refractivity contribution in [2.75, 3.05) is 6.61 Å². The molecule has 0 aliphatic rings. The molecule has 1 unspecified atom stereocenters. The molecule has 15 heavy (non-hydrogen) atoms. The average Bonchev–Trinajstić information content (AvgIpc) is 2.13. The van der Waals surface area contributed by atoms with E-state index in [1.165, 1.54) is 6.42 Å². The van der Waals surface area contributed by atoms with E-state index in [4.69, 9.17) is 9.79 Å². The highest BCUT2D eigenvalue weighted by Crippen LogP contribution is 2.37. The van der Waals surface area contributed by atoms with Gasteiger partial charge >= 0.3 is 7.82 Å². The minimum absolute atomic E-state index is 0.182. The fourth-order valence-corrected chi connectivity index (χ4v) is 2.01. The predicted octanol–water partition coefficient (Wildman–Crippen LogP) is 3.09. The van der Waals surface area contributed by atoms with Crippen molar-refractivity contribution in [1.82, 2.24) is 0 Å². The fourth-order valence-electron chi connectivity index (χ4n) is 1.60. The molecule has 0 aromatic rings. The summed E-state index contributed by atoms with van der Waals surface area (Å²) < 4.78 is 15.1. The molecule has 0 rings (SSSR count). The molecule has 0 aliphatic carbocycles. The summed E-state index contributed by atoms with van der Waals surface area (Å²) >= 11 is 0. The van der Waals surface area contributed by atoms with Crippen molar-refractivity contribution >= 4 is 7.82 Å². The second-order valence-corrected chi connectivity index (χ2v) is 5.18. The first-order valence-corrected chi connectivity index (χ1v) is 7.22. The van der Waals surface area contributed by atoms with Crippen LogP contribution in [0.25, 0.3) is 0 Å². The largest absolute Gasteiger partial charge is 0.469 e. The smallest absolute Gasteiger partial charge is 0.303 e. The first-order chi connectivity index (χ1) is 6.99. The Bertz CT molecular complexity index is 190. The zero-order chi connectivity index (χ0) is 11.7. The Hall–Kier alpha value is 0.110. The van der Waals surface area contributed by atoms with E-state index in [9.17, 15) is 4.57 Å². The first-order valence-electron chi connectivity index (χ1n) is 5.69. The van der Waals surface area contributed by atoms with Crippen molar-refractivity contribution in [1.29, 1.82) is 0 Å². The summed E-state index contributed by atoms with van der Waals surface area (Å²) in [7, 11) is -4.28. The predicted molar refractivity (Wildman–Crippen MR) is 60.5 cm³/mol. The average molecular weight is 238 g/mol. The van der Waals surface area contributed by atoms with E-state index < -0.39 is 7.82 Å². The molecule has 0 heterocycles. The van der Waals surface area contributed by atoms with Gasteiger partial charge in [-0.25, -0.2) is 4.57 Å². The van der Waals surface area contributed by atoms with E-state index in [0.29, 0.717) is 0 Å². The highest BCUT2D eigenvalue weighted by atomic mass is 31.2. The van der Waals surface area contributed by atoms with Crippen LogP contribution in [-0.4, -0.2) is 16.4 Å². The summed E-state index contributed by atoms with van der Waals surface area (Å²) in [5.74, 6) is 0.286. The Morgan fingerprint density at radius 2 is 1.80 bits per heavy atom. The van der Waals surface area contributed by atoms with Crippen LogP contribution in [0.1, 0.15) is 52.4 Å². The molecule has 0 spiro atoms. The van der Waals surface area contributed by atoms with Crippen LogP contribution in [0.15, 0.2) is 0 Å². The van der Waals surface area contributed by atoms with Crippen LogP contribution in [0.3, 0.4) is 0 Å². The fraction of sp³-hybridized carbons (Fsp3) is 1.00. The van der Waals surface area contributed by atoms with Crippen LogP contribution in [0.5, 0.6) is 0 Å². The molecule has 0 aromatic heterocycles. The molecule has 2 N–H and O–H groups in total. The normalized spacial score (nSPS) is 14.1. The van der Waals surface area contributed by atoms with Crippen molar-refractivity contribution in [3.05, 3.63) is 0 Å². The van der Waals surface area contributed by atoms with Gasteiger partial charge < -0.3 is 9.79 Å². The molecule has 4 nitrogen and oxygen atoms in total. The molecule has 0 radical (unpaired) electrons. The van der Waals surface area contributed by atoms with Crippen LogP contribution in [-0.2, 0) is 9.09 Å². The zero-order valence-electron chi connectivity index (χ0n) is 9.69. The molecule has 5 heteroatoms. The Morgan fingerprint density at radius 1 is 1.13 bits per heavy atom. The van der Waals surface area contributed by atoms with Gasteiger partial charge in [-0.2, -0.15) is 0 Å². The second kappa shape index (κ2) is 8.28. The summed E-state index contributed by atoms with van der Waals surface area (Å²) in [6.45, 7) is 4.40. The number of phosphoric acid groups is 1. The Morgan fingerprint density at radius 3 is 2.27 bits per heavy atom. The highest BCUT2D eigenvalue weighted by Gasteiger charge is 2.17. The van der Waals surface area contributed by atoms with Crippen LogP contribution in [0.2, 0.25) is 0 Å². The van der Waals surface area contributed by atoms with Gasteiger partial charge in [0, 0.05) is 0 Å². The number of hydrogen-bond donors (Lipinski definition) is 2. The lowest BCUT2D eigenvalue weighted by Crippen LogP contribution is -2.08. The molecule has 0 saturated heterocycles. The third-order valence-electron chi connectivity index (χ3n) is 2.39. The summed E-state index contributed by atoms with van der Waals surface area (Å²) in [4.78, 5) is 17.2. The molecule has 0 saturated carbocycles. The Kier molecular flexibility index (Phi) is 8.34. The van der Waals surface area contributed by atoms with E-state index >= 15 is 0 Å². The van der Waals surface area contributed by atoms with Crippen LogP contribution < -0.4 is 0 Å². The third kappa shape index (κ3) is 10.4. The monoisotopic (exact) mass is 238 g/mol. The van der Waals surface area contributed by atoms with Gasteiger partial charge in [-0.3, -0.25) is 4.52 Å². The summed E-state index contributed by atoms with van der Waals surface area (Å²) in [6, 6.07) is 0. The van der Waals surface area contributed by atoms with E-state index in [1.54, 1.807) is 0 Å². The Balaban J connectivity index is 3.77. The molecule has 0 fully saturated rings. The van der Waals surface area contributed by atoms with Crippen molar-refractivity contribution in [2.45, 2.75) is 52.4 Å². The molecule has 1 atom stereocenters. The second-order valence-electron chi connectivity index (χ2n) is 3.94. The number of hydrogen-bond acceptors (Lipinski definition) is 2. The molecular formula is C10H23O4P. The van der Waals surface area contributed by atoms with E-state index in [2.05, 4.69) is 18.4 Å². The van der Waals surface area contributed by atoms with Gasteiger partial charge in [-0.1, -0.05) is 39.5 Å². The maximum Gasteiger partial charge on any atom is 0.469 e. The van der Waals surface area contributed by atoms with Crippen LogP contribution in [0, 0.1) is 5.92 Å².